The number of anilines is 1. The summed E-state index contributed by atoms with van der Waals surface area (Å²) in [5.74, 6) is 0.197. The van der Waals surface area contributed by atoms with E-state index in [9.17, 15) is 4.79 Å². The molecular formula is C23H24BrN3O. The fourth-order valence-corrected chi connectivity index (χ4v) is 4.45. The lowest BCUT2D eigenvalue weighted by Crippen LogP contribution is -2.45. The monoisotopic (exact) mass is 437 g/mol. The van der Waals surface area contributed by atoms with Crippen LogP contribution in [-0.4, -0.2) is 34.9 Å². The Kier molecular flexibility index (Phi) is 5.62. The van der Waals surface area contributed by atoms with Crippen LogP contribution in [0.25, 0.3) is 10.8 Å². The fourth-order valence-electron chi connectivity index (χ4n) is 4.01. The van der Waals surface area contributed by atoms with E-state index in [1.807, 2.05) is 41.6 Å². The summed E-state index contributed by atoms with van der Waals surface area (Å²) in [6.45, 7) is 3.67. The zero-order valence-electron chi connectivity index (χ0n) is 16.0. The molecule has 1 aromatic heterocycles. The summed E-state index contributed by atoms with van der Waals surface area (Å²) in [5.41, 5.74) is 3.34. The van der Waals surface area contributed by atoms with Crippen molar-refractivity contribution in [1.82, 2.24) is 9.88 Å². The highest BCUT2D eigenvalue weighted by atomic mass is 79.9. The van der Waals surface area contributed by atoms with Gasteiger partial charge in [0, 0.05) is 52.5 Å². The van der Waals surface area contributed by atoms with Gasteiger partial charge in [0.2, 0.25) is 5.91 Å². The van der Waals surface area contributed by atoms with Gasteiger partial charge in [-0.1, -0.05) is 40.2 Å². The minimum Gasteiger partial charge on any atom is -0.380 e. The third kappa shape index (κ3) is 4.20. The maximum absolute atomic E-state index is 12.8. The Morgan fingerprint density at radius 2 is 2.11 bits per heavy atom. The molecule has 4 rings (SSSR count). The van der Waals surface area contributed by atoms with E-state index >= 15 is 0 Å². The van der Waals surface area contributed by atoms with Gasteiger partial charge in [0.1, 0.15) is 0 Å². The van der Waals surface area contributed by atoms with Crippen LogP contribution in [0.2, 0.25) is 0 Å². The number of amides is 1. The minimum absolute atomic E-state index is 0.197. The lowest BCUT2D eigenvalue weighted by Gasteiger charge is -2.34. The van der Waals surface area contributed by atoms with Crippen molar-refractivity contribution in [2.75, 3.05) is 18.4 Å². The molecule has 5 heteroatoms. The van der Waals surface area contributed by atoms with E-state index in [1.165, 1.54) is 10.9 Å². The van der Waals surface area contributed by atoms with Crippen molar-refractivity contribution >= 4 is 38.3 Å². The molecule has 0 aliphatic carbocycles. The van der Waals surface area contributed by atoms with Crippen molar-refractivity contribution in [2.24, 2.45) is 0 Å². The molecule has 2 aromatic carbocycles. The number of nitrogens with zero attached hydrogens (tertiary/aromatic N) is 2. The van der Waals surface area contributed by atoms with Crippen molar-refractivity contribution in [3.63, 3.8) is 0 Å². The normalized spacial score (nSPS) is 16.9. The summed E-state index contributed by atoms with van der Waals surface area (Å²) in [7, 11) is 0. The lowest BCUT2D eigenvalue weighted by atomic mass is 10.0. The Balaban J connectivity index is 1.47. The first kappa shape index (κ1) is 18.9. The molecule has 4 nitrogen and oxygen atoms in total. The maximum Gasteiger partial charge on any atom is 0.227 e. The summed E-state index contributed by atoms with van der Waals surface area (Å²) >= 11 is 3.48. The van der Waals surface area contributed by atoms with Crippen LogP contribution in [0.1, 0.15) is 24.0 Å². The predicted octanol–water partition coefficient (Wildman–Crippen LogP) is 4.95. The van der Waals surface area contributed by atoms with Crippen LogP contribution in [0.5, 0.6) is 0 Å². The number of aryl methyl sites for hydroxylation is 1. The molecule has 3 aromatic rings. The van der Waals surface area contributed by atoms with Crippen LogP contribution in [-0.2, 0) is 11.2 Å². The van der Waals surface area contributed by atoms with E-state index in [1.54, 1.807) is 0 Å². The number of hydrogen-bond acceptors (Lipinski definition) is 3. The van der Waals surface area contributed by atoms with Crippen molar-refractivity contribution in [3.8, 4) is 0 Å². The SMILES string of the molecule is Cc1cncc2cccc(NC3CCCN(C(=O)Cc4cccc(Br)c4)C3)c12. The highest BCUT2D eigenvalue weighted by Crippen LogP contribution is 2.27. The van der Waals surface area contributed by atoms with Crippen LogP contribution < -0.4 is 5.32 Å². The summed E-state index contributed by atoms with van der Waals surface area (Å²) in [4.78, 5) is 19.1. The number of nitrogens with one attached hydrogen (secondary N) is 1. The Hall–Kier alpha value is -2.40. The second kappa shape index (κ2) is 8.31. The molecule has 1 atom stereocenters. The predicted molar refractivity (Wildman–Crippen MR) is 118 cm³/mol. The molecule has 144 valence electrons. The standard InChI is InChI=1S/C23H24BrN3O/c1-16-13-25-14-18-6-3-9-21(23(16)18)26-20-8-4-10-27(15-20)22(28)12-17-5-2-7-19(24)11-17/h2-3,5-7,9,11,13-14,20,26H,4,8,10,12,15H2,1H3. The van der Waals surface area contributed by atoms with E-state index < -0.39 is 0 Å². The Morgan fingerprint density at radius 1 is 1.25 bits per heavy atom. The highest BCUT2D eigenvalue weighted by Gasteiger charge is 2.24. The summed E-state index contributed by atoms with van der Waals surface area (Å²) in [6, 6.07) is 14.5. The van der Waals surface area contributed by atoms with E-state index in [0.717, 1.165) is 47.0 Å². The number of piperidine rings is 1. The van der Waals surface area contributed by atoms with Gasteiger partial charge in [0.15, 0.2) is 0 Å². The highest BCUT2D eigenvalue weighted by molar-refractivity contribution is 9.10. The molecule has 1 unspecified atom stereocenters. The number of hydrogen-bond donors (Lipinski definition) is 1. The van der Waals surface area contributed by atoms with Gasteiger partial charge in [0.05, 0.1) is 6.42 Å². The second-order valence-electron chi connectivity index (χ2n) is 7.49. The van der Waals surface area contributed by atoms with Crippen molar-refractivity contribution < 1.29 is 4.79 Å². The van der Waals surface area contributed by atoms with Crippen molar-refractivity contribution in [1.29, 1.82) is 0 Å². The molecule has 1 fully saturated rings. The number of likely N-dealkylation sites (tertiary alicyclic amines) is 1. The van der Waals surface area contributed by atoms with Gasteiger partial charge in [-0.15, -0.1) is 0 Å². The van der Waals surface area contributed by atoms with E-state index in [4.69, 9.17) is 0 Å². The van der Waals surface area contributed by atoms with Crippen LogP contribution in [0.3, 0.4) is 0 Å². The quantitative estimate of drug-likeness (QED) is 0.627. The first-order valence-electron chi connectivity index (χ1n) is 9.72. The molecule has 2 heterocycles. The third-order valence-corrected chi connectivity index (χ3v) is 5.84. The third-order valence-electron chi connectivity index (χ3n) is 5.35. The average Bonchev–Trinajstić information content (AvgIpc) is 2.68. The number of benzene rings is 2. The number of halogens is 1. The molecular weight excluding hydrogens is 414 g/mol. The molecule has 28 heavy (non-hydrogen) atoms. The summed E-state index contributed by atoms with van der Waals surface area (Å²) in [6.07, 6.45) is 6.35. The van der Waals surface area contributed by atoms with Gasteiger partial charge in [-0.25, -0.2) is 0 Å². The largest absolute Gasteiger partial charge is 0.380 e. The Bertz CT molecular complexity index is 999. The second-order valence-corrected chi connectivity index (χ2v) is 8.41. The van der Waals surface area contributed by atoms with E-state index in [0.29, 0.717) is 6.42 Å². The first-order chi connectivity index (χ1) is 13.6. The van der Waals surface area contributed by atoms with Crippen LogP contribution >= 0.6 is 15.9 Å². The lowest BCUT2D eigenvalue weighted by molar-refractivity contribution is -0.131. The number of aromatic nitrogens is 1. The van der Waals surface area contributed by atoms with Crippen molar-refractivity contribution in [3.05, 3.63) is 70.5 Å². The molecule has 0 saturated carbocycles. The number of fused-ring (bicyclic) bond motifs is 1. The number of rotatable bonds is 4. The average molecular weight is 438 g/mol. The molecule has 0 spiro atoms. The molecule has 1 saturated heterocycles. The van der Waals surface area contributed by atoms with Gasteiger partial charge in [0.25, 0.3) is 0 Å². The molecule has 0 bridgehead atoms. The van der Waals surface area contributed by atoms with Gasteiger partial charge in [-0.05, 0) is 49.1 Å². The Labute approximate surface area is 174 Å². The first-order valence-corrected chi connectivity index (χ1v) is 10.5. The molecule has 1 aliphatic heterocycles. The van der Waals surface area contributed by atoms with E-state index in [-0.39, 0.29) is 11.9 Å². The van der Waals surface area contributed by atoms with Crippen LogP contribution in [0.4, 0.5) is 5.69 Å². The summed E-state index contributed by atoms with van der Waals surface area (Å²) < 4.78 is 1.01. The van der Waals surface area contributed by atoms with Crippen LogP contribution in [0, 0.1) is 6.92 Å². The Morgan fingerprint density at radius 3 is 2.96 bits per heavy atom. The topological polar surface area (TPSA) is 45.2 Å². The van der Waals surface area contributed by atoms with Gasteiger partial charge < -0.3 is 10.2 Å². The molecule has 0 radical (unpaired) electrons. The van der Waals surface area contributed by atoms with E-state index in [2.05, 4.69) is 51.4 Å². The number of pyridine rings is 1. The smallest absolute Gasteiger partial charge is 0.227 e. The summed E-state index contributed by atoms with van der Waals surface area (Å²) in [5, 5.41) is 6.05. The number of carbonyl (C=O) groups is 1. The fraction of sp³-hybridized carbons (Fsp3) is 0.304. The minimum atomic E-state index is 0.197. The van der Waals surface area contributed by atoms with Crippen molar-refractivity contribution in [2.45, 2.75) is 32.2 Å². The molecule has 1 N–H and O–H groups in total. The maximum atomic E-state index is 12.8. The van der Waals surface area contributed by atoms with Crippen LogP contribution in [0.15, 0.2) is 59.3 Å². The van der Waals surface area contributed by atoms with Gasteiger partial charge in [-0.3, -0.25) is 9.78 Å². The molecule has 1 amide bonds. The van der Waals surface area contributed by atoms with Gasteiger partial charge in [-0.2, -0.15) is 0 Å². The molecule has 1 aliphatic rings. The zero-order valence-corrected chi connectivity index (χ0v) is 17.6. The number of carbonyl (C=O) groups excluding carboxylic acids is 1. The zero-order chi connectivity index (χ0) is 19.5. The van der Waals surface area contributed by atoms with Gasteiger partial charge >= 0.3 is 0 Å².